The highest BCUT2D eigenvalue weighted by Crippen LogP contribution is 2.36. The van der Waals surface area contributed by atoms with Crippen molar-refractivity contribution in [2.24, 2.45) is 0 Å². The van der Waals surface area contributed by atoms with Crippen LogP contribution in [0.15, 0.2) is 23.0 Å². The maximum atomic E-state index is 13.1. The molecule has 4 rings (SSSR count). The van der Waals surface area contributed by atoms with Crippen molar-refractivity contribution in [1.29, 1.82) is 0 Å². The minimum atomic E-state index is -0.227. The van der Waals surface area contributed by atoms with Crippen LogP contribution >= 0.6 is 24.0 Å². The van der Waals surface area contributed by atoms with Crippen molar-refractivity contribution < 1.29 is 4.79 Å². The molecule has 5 nitrogen and oxygen atoms in total. The highest BCUT2D eigenvalue weighted by Gasteiger charge is 2.36. The topological polar surface area (TPSA) is 69.0 Å². The molecule has 1 aliphatic heterocycles. The third kappa shape index (κ3) is 2.80. The summed E-state index contributed by atoms with van der Waals surface area (Å²) in [6.45, 7) is 0.800. The lowest BCUT2D eigenvalue weighted by Gasteiger charge is -2.43. The highest BCUT2D eigenvalue weighted by atomic mass is 32.2. The molecule has 1 saturated carbocycles. The fraction of sp³-hybridized carbons (Fsp3) is 0.471. The van der Waals surface area contributed by atoms with Crippen LogP contribution in [-0.2, 0) is 0 Å². The van der Waals surface area contributed by atoms with E-state index in [1.807, 2.05) is 16.7 Å². The van der Waals surface area contributed by atoms with Gasteiger partial charge < -0.3 is 9.88 Å². The molecular formula is C17H19N3O2S2. The summed E-state index contributed by atoms with van der Waals surface area (Å²) < 4.78 is 0.277. The number of carbonyl (C=O) groups excluding carboxylic acids is 1. The van der Waals surface area contributed by atoms with Gasteiger partial charge in [0.05, 0.1) is 10.9 Å². The predicted molar refractivity (Wildman–Crippen MR) is 99.3 cm³/mol. The first-order valence-corrected chi connectivity index (χ1v) is 9.78. The summed E-state index contributed by atoms with van der Waals surface area (Å²) in [4.78, 5) is 32.6. The van der Waals surface area contributed by atoms with Crippen LogP contribution in [0.5, 0.6) is 0 Å². The third-order valence-electron chi connectivity index (χ3n) is 4.98. The third-order valence-corrected chi connectivity index (χ3v) is 6.58. The Morgan fingerprint density at radius 1 is 1.25 bits per heavy atom. The molecule has 24 heavy (non-hydrogen) atoms. The molecule has 2 atom stereocenters. The number of H-pyrrole nitrogens is 2. The summed E-state index contributed by atoms with van der Waals surface area (Å²) >= 11 is 7.04. The molecule has 0 unspecified atom stereocenters. The number of carbonyl (C=O) groups is 1. The Bertz CT molecular complexity index is 903. The lowest BCUT2D eigenvalue weighted by Crippen LogP contribution is -2.51. The van der Waals surface area contributed by atoms with Gasteiger partial charge in [0.15, 0.2) is 4.77 Å². The number of hydrogen-bond acceptors (Lipinski definition) is 4. The number of hydrogen-bond donors (Lipinski definition) is 2. The van der Waals surface area contributed by atoms with Crippen LogP contribution in [-0.4, -0.2) is 44.4 Å². The fourth-order valence-corrected chi connectivity index (χ4v) is 5.46. The van der Waals surface area contributed by atoms with E-state index >= 15 is 0 Å². The minimum absolute atomic E-state index is 0.0636. The molecular weight excluding hydrogens is 342 g/mol. The number of nitrogens with one attached hydrogen (secondary N) is 2. The highest BCUT2D eigenvalue weighted by molar-refractivity contribution is 8.00. The second-order valence-corrected chi connectivity index (χ2v) is 8.18. The molecule has 126 valence electrons. The molecule has 2 N–H and O–H groups in total. The summed E-state index contributed by atoms with van der Waals surface area (Å²) in [6, 6.07) is 5.54. The summed E-state index contributed by atoms with van der Waals surface area (Å²) in [7, 11) is 0. The molecule has 1 aromatic heterocycles. The van der Waals surface area contributed by atoms with Gasteiger partial charge in [-0.25, -0.2) is 0 Å². The normalized spacial score (nSPS) is 23.9. The van der Waals surface area contributed by atoms with Gasteiger partial charge in [0.2, 0.25) is 0 Å². The van der Waals surface area contributed by atoms with Crippen molar-refractivity contribution in [3.8, 4) is 0 Å². The molecule has 0 bridgehead atoms. The maximum Gasteiger partial charge on any atom is 0.259 e. The zero-order chi connectivity index (χ0) is 16.7. The van der Waals surface area contributed by atoms with Crippen molar-refractivity contribution in [2.75, 3.05) is 12.3 Å². The SMILES string of the molecule is O=C(c1ccc2c(=O)[nH]c(=S)[nH]c2c1)N1CCS[C@H]2CCCC[C@@H]21. The maximum absolute atomic E-state index is 13.1. The average molecular weight is 361 g/mol. The Morgan fingerprint density at radius 2 is 2.08 bits per heavy atom. The molecule has 1 amide bonds. The Morgan fingerprint density at radius 3 is 2.96 bits per heavy atom. The first kappa shape index (κ1) is 15.9. The van der Waals surface area contributed by atoms with Crippen LogP contribution in [0.4, 0.5) is 0 Å². The Balaban J connectivity index is 1.70. The number of aromatic amines is 2. The number of fused-ring (bicyclic) bond motifs is 2. The zero-order valence-corrected chi connectivity index (χ0v) is 14.8. The average Bonchev–Trinajstić information content (AvgIpc) is 2.60. The summed E-state index contributed by atoms with van der Waals surface area (Å²) in [5.41, 5.74) is 1.01. The van der Waals surface area contributed by atoms with Gasteiger partial charge in [-0.05, 0) is 43.3 Å². The molecule has 2 fully saturated rings. The Hall–Kier alpha value is -1.60. The zero-order valence-electron chi connectivity index (χ0n) is 13.2. The van der Waals surface area contributed by atoms with E-state index in [2.05, 4.69) is 9.97 Å². The van der Waals surface area contributed by atoms with E-state index < -0.39 is 0 Å². The molecule has 2 aliphatic rings. The van der Waals surface area contributed by atoms with Crippen LogP contribution < -0.4 is 5.56 Å². The quantitative estimate of drug-likeness (QED) is 0.766. The summed E-state index contributed by atoms with van der Waals surface area (Å²) in [5, 5.41) is 1.09. The van der Waals surface area contributed by atoms with E-state index in [0.29, 0.717) is 27.8 Å². The van der Waals surface area contributed by atoms with E-state index in [0.717, 1.165) is 18.7 Å². The number of benzene rings is 1. The smallest absolute Gasteiger partial charge is 0.259 e. The van der Waals surface area contributed by atoms with Gasteiger partial charge in [-0.15, -0.1) is 0 Å². The molecule has 1 saturated heterocycles. The lowest BCUT2D eigenvalue weighted by molar-refractivity contribution is 0.0646. The lowest BCUT2D eigenvalue weighted by atomic mass is 9.92. The second kappa shape index (κ2) is 6.37. The standard InChI is InChI=1S/C17H19N3O2S2/c21-15-11-6-5-10(9-12(11)18-17(23)19-15)16(22)20-7-8-24-14-4-2-1-3-13(14)20/h5-6,9,13-14H,1-4,7-8H2,(H2,18,19,21,23)/t13-,14-/m0/s1. The molecule has 1 aromatic carbocycles. The Labute approximate surface area is 148 Å². The number of nitrogens with zero attached hydrogens (tertiary/aromatic N) is 1. The fourth-order valence-electron chi connectivity index (χ4n) is 3.82. The molecule has 2 aromatic rings. The van der Waals surface area contributed by atoms with Crippen LogP contribution in [0.3, 0.4) is 0 Å². The molecule has 0 radical (unpaired) electrons. The Kier molecular flexibility index (Phi) is 4.22. The van der Waals surface area contributed by atoms with Crippen molar-refractivity contribution in [3.63, 3.8) is 0 Å². The van der Waals surface area contributed by atoms with Gasteiger partial charge >= 0.3 is 0 Å². The van der Waals surface area contributed by atoms with E-state index in [-0.39, 0.29) is 16.2 Å². The van der Waals surface area contributed by atoms with Gasteiger partial charge in [0.25, 0.3) is 11.5 Å². The van der Waals surface area contributed by atoms with Crippen LogP contribution in [0.25, 0.3) is 10.9 Å². The number of aromatic nitrogens is 2. The number of rotatable bonds is 1. The van der Waals surface area contributed by atoms with Gasteiger partial charge in [-0.1, -0.05) is 12.8 Å². The van der Waals surface area contributed by atoms with Crippen molar-refractivity contribution >= 4 is 40.8 Å². The second-order valence-electron chi connectivity index (χ2n) is 6.43. The first-order valence-electron chi connectivity index (χ1n) is 8.32. The summed E-state index contributed by atoms with van der Waals surface area (Å²) in [5.74, 6) is 1.07. The number of amides is 1. The van der Waals surface area contributed by atoms with E-state index in [1.165, 1.54) is 19.3 Å². The van der Waals surface area contributed by atoms with E-state index in [9.17, 15) is 9.59 Å². The molecule has 0 spiro atoms. The van der Waals surface area contributed by atoms with Crippen LogP contribution in [0.2, 0.25) is 0 Å². The van der Waals surface area contributed by atoms with Crippen molar-refractivity contribution in [3.05, 3.63) is 38.9 Å². The molecule has 1 aliphatic carbocycles. The van der Waals surface area contributed by atoms with Crippen LogP contribution in [0.1, 0.15) is 36.0 Å². The van der Waals surface area contributed by atoms with Gasteiger partial charge in [0, 0.05) is 29.2 Å². The molecule has 7 heteroatoms. The van der Waals surface area contributed by atoms with Gasteiger partial charge in [-0.2, -0.15) is 11.8 Å². The predicted octanol–water partition coefficient (Wildman–Crippen LogP) is 3.09. The largest absolute Gasteiger partial charge is 0.334 e. The van der Waals surface area contributed by atoms with Crippen LogP contribution in [0, 0.1) is 4.77 Å². The first-order chi connectivity index (χ1) is 11.6. The van der Waals surface area contributed by atoms with Crippen molar-refractivity contribution in [2.45, 2.75) is 37.0 Å². The van der Waals surface area contributed by atoms with Crippen molar-refractivity contribution in [1.82, 2.24) is 14.9 Å². The van der Waals surface area contributed by atoms with E-state index in [4.69, 9.17) is 12.2 Å². The molecule has 2 heterocycles. The summed E-state index contributed by atoms with van der Waals surface area (Å²) in [6.07, 6.45) is 4.77. The number of thioether (sulfide) groups is 1. The monoisotopic (exact) mass is 361 g/mol. The van der Waals surface area contributed by atoms with Gasteiger partial charge in [0.1, 0.15) is 0 Å². The minimum Gasteiger partial charge on any atom is -0.334 e. The van der Waals surface area contributed by atoms with Gasteiger partial charge in [-0.3, -0.25) is 14.6 Å². The van der Waals surface area contributed by atoms with E-state index in [1.54, 1.807) is 18.2 Å².